The van der Waals surface area contributed by atoms with Gasteiger partial charge in [0.2, 0.25) is 11.8 Å². The molecular formula is C17H20IN3O2S. The minimum atomic E-state index is -0.556. The lowest BCUT2D eigenvalue weighted by Crippen LogP contribution is -2.45. The van der Waals surface area contributed by atoms with Crippen molar-refractivity contribution in [3.05, 3.63) is 48.0 Å². The van der Waals surface area contributed by atoms with E-state index in [-0.39, 0.29) is 11.8 Å². The van der Waals surface area contributed by atoms with Gasteiger partial charge in [-0.25, -0.2) is 0 Å². The number of carbonyl (C=O) groups is 2. The smallest absolute Gasteiger partial charge is 0.242 e. The van der Waals surface area contributed by atoms with Crippen LogP contribution in [-0.2, 0) is 16.1 Å². The number of hydrogen-bond donors (Lipinski definition) is 3. The summed E-state index contributed by atoms with van der Waals surface area (Å²) >= 11 is 2.10. The Bertz CT molecular complexity index is 706. The van der Waals surface area contributed by atoms with Gasteiger partial charge in [0.1, 0.15) is 6.04 Å². The van der Waals surface area contributed by atoms with E-state index in [2.05, 4.69) is 36.6 Å². The summed E-state index contributed by atoms with van der Waals surface area (Å²) in [6.07, 6.45) is 0.344. The van der Waals surface area contributed by atoms with E-state index in [9.17, 15) is 9.59 Å². The van der Waals surface area contributed by atoms with Crippen molar-refractivity contribution in [2.75, 3.05) is 6.54 Å². The maximum atomic E-state index is 12.2. The van der Waals surface area contributed by atoms with Gasteiger partial charge in [0.25, 0.3) is 0 Å². The van der Waals surface area contributed by atoms with Gasteiger partial charge in [0, 0.05) is 40.7 Å². The molecule has 0 radical (unpaired) electrons. The molecule has 5 nitrogen and oxygen atoms in total. The van der Waals surface area contributed by atoms with Crippen molar-refractivity contribution in [1.29, 1.82) is 0 Å². The predicted octanol–water partition coefficient (Wildman–Crippen LogP) is 2.94. The number of fused-ring (bicyclic) bond motifs is 1. The quantitative estimate of drug-likeness (QED) is 0.324. The second-order valence-corrected chi connectivity index (χ2v) is 7.13. The summed E-state index contributed by atoms with van der Waals surface area (Å²) in [6.45, 7) is 2.70. The summed E-state index contributed by atoms with van der Waals surface area (Å²) in [5, 5.41) is 7.87. The summed E-state index contributed by atoms with van der Waals surface area (Å²) in [5.74, 6) is -0.326. The molecule has 3 N–H and O–H groups in total. The van der Waals surface area contributed by atoms with Crippen LogP contribution in [0.2, 0.25) is 0 Å². The Hall–Kier alpha value is -1.32. The van der Waals surface area contributed by atoms with Gasteiger partial charge in [-0.3, -0.25) is 14.3 Å². The van der Waals surface area contributed by atoms with Crippen LogP contribution in [0.25, 0.3) is 10.8 Å². The van der Waals surface area contributed by atoms with Gasteiger partial charge >= 0.3 is 0 Å². The molecule has 7 heteroatoms. The van der Waals surface area contributed by atoms with E-state index in [1.54, 1.807) is 6.92 Å². The molecule has 0 fully saturated rings. The molecule has 0 aliphatic rings. The van der Waals surface area contributed by atoms with Crippen LogP contribution < -0.4 is 15.4 Å². The molecule has 0 bridgehead atoms. The van der Waals surface area contributed by atoms with Gasteiger partial charge in [-0.15, -0.1) is 0 Å². The first-order valence-corrected chi connectivity index (χ1v) is 11.0. The van der Waals surface area contributed by atoms with Gasteiger partial charge in [-0.2, -0.15) is 0 Å². The Kier molecular flexibility index (Phi) is 7.80. The number of nitrogens with one attached hydrogen (secondary N) is 3. The van der Waals surface area contributed by atoms with Crippen molar-refractivity contribution in [3.8, 4) is 0 Å². The zero-order valence-electron chi connectivity index (χ0n) is 13.3. The first kappa shape index (κ1) is 19.0. The largest absolute Gasteiger partial charge is 0.350 e. The third-order valence-corrected chi connectivity index (χ3v) is 4.86. The molecule has 0 aliphatic heterocycles. The molecule has 1 atom stereocenters. The second-order valence-electron chi connectivity index (χ2n) is 5.37. The minimum Gasteiger partial charge on any atom is -0.350 e. The number of hydrogen-bond acceptors (Lipinski definition) is 4. The Balaban J connectivity index is 1.86. The molecular weight excluding hydrogens is 437 g/mol. The molecule has 128 valence electrons. The molecule has 0 heterocycles. The zero-order chi connectivity index (χ0) is 17.4. The van der Waals surface area contributed by atoms with Crippen LogP contribution in [0.5, 0.6) is 0 Å². The highest BCUT2D eigenvalue weighted by atomic mass is 127. The highest BCUT2D eigenvalue weighted by Crippen LogP contribution is 2.18. The van der Waals surface area contributed by atoms with Gasteiger partial charge in [0.05, 0.1) is 0 Å². The van der Waals surface area contributed by atoms with Crippen LogP contribution in [0.3, 0.4) is 0 Å². The first-order valence-electron chi connectivity index (χ1n) is 7.66. The topological polar surface area (TPSA) is 70.2 Å². The third kappa shape index (κ3) is 5.64. The van der Waals surface area contributed by atoms with Gasteiger partial charge in [0.15, 0.2) is 0 Å². The van der Waals surface area contributed by atoms with E-state index in [0.29, 0.717) is 19.5 Å². The molecule has 0 aliphatic carbocycles. The summed E-state index contributed by atoms with van der Waals surface area (Å²) in [5.41, 5.74) is 1.06. The van der Waals surface area contributed by atoms with Crippen molar-refractivity contribution in [3.63, 3.8) is 0 Å². The zero-order valence-corrected chi connectivity index (χ0v) is 16.3. The normalized spacial score (nSPS) is 11.9. The maximum Gasteiger partial charge on any atom is 0.242 e. The molecule has 0 saturated heterocycles. The monoisotopic (exact) mass is 457 g/mol. The Labute approximate surface area is 158 Å². The fourth-order valence-electron chi connectivity index (χ4n) is 2.36. The lowest BCUT2D eigenvalue weighted by Gasteiger charge is -2.15. The van der Waals surface area contributed by atoms with Crippen LogP contribution in [0.15, 0.2) is 42.5 Å². The molecule has 0 spiro atoms. The van der Waals surface area contributed by atoms with Gasteiger partial charge < -0.3 is 10.6 Å². The summed E-state index contributed by atoms with van der Waals surface area (Å²) in [7, 11) is 1.44. The third-order valence-electron chi connectivity index (χ3n) is 3.61. The van der Waals surface area contributed by atoms with Crippen LogP contribution in [0.4, 0.5) is 0 Å². The Morgan fingerprint density at radius 3 is 2.71 bits per heavy atom. The van der Waals surface area contributed by atoms with Crippen molar-refractivity contribution in [1.82, 2.24) is 15.4 Å². The van der Waals surface area contributed by atoms with E-state index in [0.717, 1.165) is 16.3 Å². The van der Waals surface area contributed by atoms with E-state index in [1.165, 1.54) is 9.12 Å². The van der Waals surface area contributed by atoms with Gasteiger partial charge in [-0.05, 0) is 32.4 Å². The molecule has 2 aromatic carbocycles. The lowest BCUT2D eigenvalue weighted by atomic mass is 10.0. The van der Waals surface area contributed by atoms with Gasteiger partial charge in [-0.1, -0.05) is 42.5 Å². The number of halogens is 1. The Morgan fingerprint density at radius 2 is 1.92 bits per heavy atom. The minimum absolute atomic E-state index is 0.138. The standard InChI is InChI=1S/C17H20IN3O2S/c1-12(21-16(22)9-10-20-24-18)17(23)19-11-14-7-4-6-13-5-2-3-8-15(13)14/h2-8,12,20H,9-11H2,1H3,(H,19,23)(H,21,22). The summed E-state index contributed by atoms with van der Waals surface area (Å²) in [4.78, 5) is 23.9. The number of benzene rings is 2. The Morgan fingerprint density at radius 1 is 1.17 bits per heavy atom. The van der Waals surface area contributed by atoms with Crippen molar-refractivity contribution < 1.29 is 9.59 Å². The number of carbonyl (C=O) groups excluding carboxylic acids is 2. The number of amides is 2. The fourth-order valence-corrected chi connectivity index (χ4v) is 3.20. The summed E-state index contributed by atoms with van der Waals surface area (Å²) < 4.78 is 2.99. The van der Waals surface area contributed by atoms with E-state index >= 15 is 0 Å². The predicted molar refractivity (Wildman–Crippen MR) is 108 cm³/mol. The van der Waals surface area contributed by atoms with E-state index < -0.39 is 6.04 Å². The highest BCUT2D eigenvalue weighted by Gasteiger charge is 2.15. The highest BCUT2D eigenvalue weighted by molar-refractivity contribution is 14.2. The molecule has 2 aromatic rings. The molecule has 24 heavy (non-hydrogen) atoms. The van der Waals surface area contributed by atoms with Crippen molar-refractivity contribution >= 4 is 52.9 Å². The van der Waals surface area contributed by atoms with Crippen LogP contribution in [0.1, 0.15) is 18.9 Å². The maximum absolute atomic E-state index is 12.2. The molecule has 0 aromatic heterocycles. The van der Waals surface area contributed by atoms with Crippen LogP contribution in [-0.4, -0.2) is 24.4 Å². The average Bonchev–Trinajstić information content (AvgIpc) is 2.59. The van der Waals surface area contributed by atoms with Crippen molar-refractivity contribution in [2.24, 2.45) is 0 Å². The first-order chi connectivity index (χ1) is 11.6. The molecule has 2 rings (SSSR count). The second kappa shape index (κ2) is 9.85. The van der Waals surface area contributed by atoms with Crippen LogP contribution >= 0.6 is 30.3 Å². The molecule has 2 amide bonds. The van der Waals surface area contributed by atoms with Crippen LogP contribution in [0, 0.1) is 0 Å². The molecule has 1 unspecified atom stereocenters. The van der Waals surface area contributed by atoms with E-state index in [4.69, 9.17) is 0 Å². The van der Waals surface area contributed by atoms with E-state index in [1.807, 2.05) is 42.5 Å². The fraction of sp³-hybridized carbons (Fsp3) is 0.294. The van der Waals surface area contributed by atoms with Crippen molar-refractivity contribution in [2.45, 2.75) is 25.9 Å². The SMILES string of the molecule is CC(NC(=O)CCNSI)C(=O)NCc1cccc2ccccc12. The average molecular weight is 457 g/mol. The lowest BCUT2D eigenvalue weighted by molar-refractivity contribution is -0.128. The number of rotatable bonds is 8. The summed E-state index contributed by atoms with van der Waals surface area (Å²) in [6, 6.07) is 13.5. The molecule has 0 saturated carbocycles.